The molecule has 0 N–H and O–H groups in total. The van der Waals surface area contributed by atoms with Crippen molar-refractivity contribution in [2.24, 2.45) is 0 Å². The van der Waals surface area contributed by atoms with Crippen LogP contribution in [0.1, 0.15) is 47.0 Å². The fourth-order valence-corrected chi connectivity index (χ4v) is 2.55. The van der Waals surface area contributed by atoms with Crippen molar-refractivity contribution in [1.29, 1.82) is 5.26 Å². The molecule has 4 atom stereocenters. The zero-order valence-electron chi connectivity index (χ0n) is 11.6. The normalized spacial score (nSPS) is 28.3. The van der Waals surface area contributed by atoms with Gasteiger partial charge in [0, 0.05) is 39.1 Å². The molecule has 6 heteroatoms. The predicted octanol–water partition coefficient (Wildman–Crippen LogP) is 3.17. The number of ether oxygens (including phenoxy) is 1. The molecule has 4 nitrogen and oxygen atoms in total. The van der Waals surface area contributed by atoms with Crippen LogP contribution in [-0.4, -0.2) is 23.9 Å². The van der Waals surface area contributed by atoms with E-state index in [1.54, 1.807) is 0 Å². The second kappa shape index (κ2) is 8.95. The van der Waals surface area contributed by atoms with Gasteiger partial charge < -0.3 is 13.8 Å². The molecule has 101 valence electrons. The predicted molar refractivity (Wildman–Crippen MR) is 67.8 cm³/mol. The van der Waals surface area contributed by atoms with E-state index in [1.165, 1.54) is 0 Å². The van der Waals surface area contributed by atoms with E-state index in [4.69, 9.17) is 19.0 Å². The third kappa shape index (κ3) is 6.37. The van der Waals surface area contributed by atoms with Crippen LogP contribution >= 0.6 is 9.03 Å². The van der Waals surface area contributed by atoms with Crippen molar-refractivity contribution >= 4 is 9.03 Å². The van der Waals surface area contributed by atoms with E-state index < -0.39 is 5.60 Å². The van der Waals surface area contributed by atoms with Crippen molar-refractivity contribution in [2.45, 2.75) is 70.9 Å². The molecule has 1 radical (unpaired) electrons. The van der Waals surface area contributed by atoms with Crippen LogP contribution in [0.2, 0.25) is 0 Å². The summed E-state index contributed by atoms with van der Waals surface area (Å²) in [6.07, 6.45) is 2.83. The summed E-state index contributed by atoms with van der Waals surface area (Å²) in [6.45, 7) is 7.97. The SMILES string of the molecule is CCC1OC(C)CC1OPOC(C)(C)CC#N.[Y]. The molecule has 1 aliphatic heterocycles. The van der Waals surface area contributed by atoms with Crippen LogP contribution in [0.4, 0.5) is 0 Å². The molecule has 4 unspecified atom stereocenters. The molecule has 0 amide bonds. The van der Waals surface area contributed by atoms with Crippen molar-refractivity contribution < 1.29 is 46.5 Å². The molecule has 0 aliphatic carbocycles. The Balaban J connectivity index is 0.00000289. The third-order valence-corrected chi connectivity index (χ3v) is 3.85. The summed E-state index contributed by atoms with van der Waals surface area (Å²) < 4.78 is 17.0. The summed E-state index contributed by atoms with van der Waals surface area (Å²) in [6, 6.07) is 2.11. The Morgan fingerprint density at radius 3 is 2.72 bits per heavy atom. The van der Waals surface area contributed by atoms with E-state index in [1.807, 2.05) is 13.8 Å². The second-order valence-corrected chi connectivity index (χ2v) is 5.67. The molecule has 0 aromatic heterocycles. The third-order valence-electron chi connectivity index (χ3n) is 2.81. The van der Waals surface area contributed by atoms with Crippen molar-refractivity contribution in [3.63, 3.8) is 0 Å². The minimum Gasteiger partial charge on any atom is -0.372 e. The first kappa shape index (κ1) is 18.9. The van der Waals surface area contributed by atoms with Gasteiger partial charge in [0.15, 0.2) is 9.03 Å². The van der Waals surface area contributed by atoms with Crippen LogP contribution in [0.5, 0.6) is 0 Å². The number of rotatable bonds is 6. The maximum Gasteiger partial charge on any atom is 0.155 e. The van der Waals surface area contributed by atoms with Crippen molar-refractivity contribution in [2.75, 3.05) is 0 Å². The van der Waals surface area contributed by atoms with Crippen LogP contribution in [0.15, 0.2) is 0 Å². The van der Waals surface area contributed by atoms with Crippen LogP contribution in [-0.2, 0) is 46.5 Å². The van der Waals surface area contributed by atoms with Crippen LogP contribution in [0, 0.1) is 11.3 Å². The first-order valence-electron chi connectivity index (χ1n) is 6.09. The molecule has 18 heavy (non-hydrogen) atoms. The van der Waals surface area contributed by atoms with Gasteiger partial charge in [0.2, 0.25) is 0 Å². The quantitative estimate of drug-likeness (QED) is 0.692. The molecule has 0 aromatic rings. The first-order chi connectivity index (χ1) is 7.98. The minimum absolute atomic E-state index is 0. The van der Waals surface area contributed by atoms with Gasteiger partial charge in [0.1, 0.15) is 0 Å². The van der Waals surface area contributed by atoms with E-state index in [9.17, 15) is 0 Å². The molecule has 1 saturated heterocycles. The van der Waals surface area contributed by atoms with E-state index in [2.05, 4.69) is 19.9 Å². The van der Waals surface area contributed by atoms with Gasteiger partial charge in [-0.15, -0.1) is 0 Å². The maximum absolute atomic E-state index is 8.64. The van der Waals surface area contributed by atoms with Gasteiger partial charge in [-0.05, 0) is 27.2 Å². The van der Waals surface area contributed by atoms with Crippen molar-refractivity contribution in [1.82, 2.24) is 0 Å². The smallest absolute Gasteiger partial charge is 0.155 e. The fourth-order valence-electron chi connectivity index (χ4n) is 1.83. The molecule has 0 spiro atoms. The largest absolute Gasteiger partial charge is 0.372 e. The summed E-state index contributed by atoms with van der Waals surface area (Å²) >= 11 is 0. The molecule has 1 rings (SSSR count). The molecule has 1 fully saturated rings. The van der Waals surface area contributed by atoms with Crippen LogP contribution < -0.4 is 0 Å². The minimum atomic E-state index is -0.431. The molecular weight excluding hydrogens is 326 g/mol. The van der Waals surface area contributed by atoms with Gasteiger partial charge in [-0.3, -0.25) is 0 Å². The molecule has 1 heterocycles. The summed E-state index contributed by atoms with van der Waals surface area (Å²) in [5, 5.41) is 8.64. The van der Waals surface area contributed by atoms with Gasteiger partial charge >= 0.3 is 0 Å². The Labute approximate surface area is 137 Å². The Bertz CT molecular complexity index is 283. The Morgan fingerprint density at radius 2 is 2.17 bits per heavy atom. The number of nitriles is 1. The van der Waals surface area contributed by atoms with Crippen LogP contribution in [0.25, 0.3) is 0 Å². The van der Waals surface area contributed by atoms with E-state index in [0.717, 1.165) is 12.8 Å². The maximum atomic E-state index is 8.64. The average molecular weight is 348 g/mol. The number of hydrogen-bond acceptors (Lipinski definition) is 4. The molecular formula is C12H22NO3PY. The van der Waals surface area contributed by atoms with Crippen LogP contribution in [0.3, 0.4) is 0 Å². The molecule has 0 saturated carbocycles. The number of hydrogen-bond donors (Lipinski definition) is 0. The summed E-state index contributed by atoms with van der Waals surface area (Å²) in [7, 11) is -0.0250. The molecule has 0 aromatic carbocycles. The zero-order valence-corrected chi connectivity index (χ0v) is 15.4. The Kier molecular flexibility index (Phi) is 9.40. The Morgan fingerprint density at radius 1 is 1.50 bits per heavy atom. The first-order valence-corrected chi connectivity index (χ1v) is 6.91. The zero-order chi connectivity index (χ0) is 12.9. The van der Waals surface area contributed by atoms with Gasteiger partial charge in [-0.25, -0.2) is 0 Å². The van der Waals surface area contributed by atoms with Gasteiger partial charge in [-0.2, -0.15) is 5.26 Å². The van der Waals surface area contributed by atoms with E-state index in [-0.39, 0.29) is 60.1 Å². The van der Waals surface area contributed by atoms with Crippen molar-refractivity contribution in [3.8, 4) is 6.07 Å². The Hall–Kier alpha value is 0.904. The second-order valence-electron chi connectivity index (χ2n) is 5.07. The van der Waals surface area contributed by atoms with Gasteiger partial charge in [-0.1, -0.05) is 6.92 Å². The molecule has 1 aliphatic rings. The number of nitrogens with zero attached hydrogens (tertiary/aromatic N) is 1. The van der Waals surface area contributed by atoms with E-state index in [0.29, 0.717) is 6.42 Å². The van der Waals surface area contributed by atoms with Gasteiger partial charge in [0.05, 0.1) is 36.4 Å². The average Bonchev–Trinajstić information content (AvgIpc) is 2.58. The fraction of sp³-hybridized carbons (Fsp3) is 0.917. The summed E-state index contributed by atoms with van der Waals surface area (Å²) in [5.41, 5.74) is -0.431. The van der Waals surface area contributed by atoms with E-state index >= 15 is 0 Å². The summed E-state index contributed by atoms with van der Waals surface area (Å²) in [4.78, 5) is 0. The monoisotopic (exact) mass is 348 g/mol. The van der Waals surface area contributed by atoms with Gasteiger partial charge in [0.25, 0.3) is 0 Å². The van der Waals surface area contributed by atoms with Crippen molar-refractivity contribution in [3.05, 3.63) is 0 Å². The summed E-state index contributed by atoms with van der Waals surface area (Å²) in [5.74, 6) is 0. The standard InChI is InChI=1S/C12H22NO3P.Y/c1-5-10-11(8-9(2)14-10)15-17-16-12(3,4)6-7-13;/h9-11,17H,5-6,8H2,1-4H3;. The topological polar surface area (TPSA) is 51.5 Å². The molecule has 0 bridgehead atoms.